The van der Waals surface area contributed by atoms with Crippen molar-refractivity contribution in [1.29, 1.82) is 0 Å². The maximum atomic E-state index is 12.3. The molecule has 0 aliphatic carbocycles. The maximum absolute atomic E-state index is 12.3. The summed E-state index contributed by atoms with van der Waals surface area (Å²) in [4.78, 5) is 27.6. The molecule has 28 heavy (non-hydrogen) atoms. The maximum Gasteiger partial charge on any atom is 0.257 e. The first-order valence-corrected chi connectivity index (χ1v) is 10.1. The number of carbonyl (C=O) groups is 2. The summed E-state index contributed by atoms with van der Waals surface area (Å²) in [6.45, 7) is 2.20. The van der Waals surface area contributed by atoms with E-state index in [0.29, 0.717) is 22.3 Å². The van der Waals surface area contributed by atoms with Crippen LogP contribution in [-0.2, 0) is 11.2 Å². The van der Waals surface area contributed by atoms with Crippen molar-refractivity contribution in [2.45, 2.75) is 19.8 Å². The topological polar surface area (TPSA) is 71.1 Å². The Morgan fingerprint density at radius 3 is 2.46 bits per heavy atom. The summed E-state index contributed by atoms with van der Waals surface area (Å²) >= 11 is 7.23. The van der Waals surface area contributed by atoms with Crippen LogP contribution in [0.2, 0.25) is 5.02 Å². The van der Waals surface area contributed by atoms with Gasteiger partial charge in [0.2, 0.25) is 5.91 Å². The first kappa shape index (κ1) is 20.0. The zero-order valence-electron chi connectivity index (χ0n) is 15.4. The van der Waals surface area contributed by atoms with Crippen LogP contribution in [0.1, 0.15) is 29.3 Å². The number of carbonyl (C=O) groups excluding carboxylic acids is 2. The van der Waals surface area contributed by atoms with Crippen LogP contribution in [0.5, 0.6) is 0 Å². The lowest BCUT2D eigenvalue weighted by Gasteiger charge is -2.04. The number of rotatable bonds is 7. The van der Waals surface area contributed by atoms with Crippen LogP contribution in [0.25, 0.3) is 11.3 Å². The number of hydrogen-bond acceptors (Lipinski definition) is 4. The molecule has 0 spiro atoms. The van der Waals surface area contributed by atoms with E-state index in [2.05, 4.69) is 27.8 Å². The smallest absolute Gasteiger partial charge is 0.257 e. The van der Waals surface area contributed by atoms with E-state index in [1.54, 1.807) is 24.3 Å². The number of anilines is 1. The molecule has 0 saturated carbocycles. The number of amides is 2. The Morgan fingerprint density at radius 2 is 1.79 bits per heavy atom. The zero-order chi connectivity index (χ0) is 19.9. The molecule has 2 amide bonds. The van der Waals surface area contributed by atoms with Crippen molar-refractivity contribution in [3.63, 3.8) is 0 Å². The molecule has 0 bridgehead atoms. The van der Waals surface area contributed by atoms with Crippen LogP contribution in [0.3, 0.4) is 0 Å². The minimum Gasteiger partial charge on any atom is -0.356 e. The fraction of sp³-hybridized carbons (Fsp3) is 0.190. The van der Waals surface area contributed by atoms with E-state index in [9.17, 15) is 9.59 Å². The van der Waals surface area contributed by atoms with E-state index < -0.39 is 0 Å². The van der Waals surface area contributed by atoms with Crippen LogP contribution in [0.4, 0.5) is 5.13 Å². The molecule has 2 aromatic carbocycles. The minimum atomic E-state index is -0.216. The molecule has 5 nitrogen and oxygen atoms in total. The molecule has 3 rings (SSSR count). The monoisotopic (exact) mass is 413 g/mol. The molecule has 3 aromatic rings. The average Bonchev–Trinajstić information content (AvgIpc) is 3.14. The van der Waals surface area contributed by atoms with Crippen LogP contribution in [-0.4, -0.2) is 23.3 Å². The third kappa shape index (κ3) is 5.65. The van der Waals surface area contributed by atoms with Gasteiger partial charge in [-0.15, -0.1) is 11.3 Å². The predicted octanol–water partition coefficient (Wildman–Crippen LogP) is 4.78. The lowest BCUT2D eigenvalue weighted by atomic mass is 10.1. The molecule has 0 atom stereocenters. The van der Waals surface area contributed by atoms with Gasteiger partial charge in [-0.1, -0.05) is 35.9 Å². The van der Waals surface area contributed by atoms with Crippen molar-refractivity contribution in [1.82, 2.24) is 10.3 Å². The Morgan fingerprint density at radius 1 is 1.07 bits per heavy atom. The molecule has 0 radical (unpaired) electrons. The Bertz CT molecular complexity index is 953. The Hall–Kier alpha value is -2.70. The lowest BCUT2D eigenvalue weighted by Crippen LogP contribution is -2.21. The fourth-order valence-corrected chi connectivity index (χ4v) is 3.47. The number of aryl methyl sites for hydroxylation is 1. The molecule has 1 heterocycles. The first-order valence-electron chi connectivity index (χ1n) is 8.87. The molecule has 0 aliphatic heterocycles. The molecule has 0 aliphatic rings. The molecule has 1 aromatic heterocycles. The van der Waals surface area contributed by atoms with Crippen molar-refractivity contribution < 1.29 is 9.59 Å². The first-order chi connectivity index (χ1) is 13.5. The second kappa shape index (κ2) is 9.48. The predicted molar refractivity (Wildman–Crippen MR) is 114 cm³/mol. The number of benzene rings is 2. The number of halogens is 1. The van der Waals surface area contributed by atoms with E-state index in [-0.39, 0.29) is 11.8 Å². The highest BCUT2D eigenvalue weighted by atomic mass is 35.5. The van der Waals surface area contributed by atoms with Gasteiger partial charge in [-0.3, -0.25) is 14.9 Å². The number of nitrogens with zero attached hydrogens (tertiary/aromatic N) is 1. The molecule has 7 heteroatoms. The van der Waals surface area contributed by atoms with Crippen LogP contribution in [0, 0.1) is 0 Å². The molecule has 2 N–H and O–H groups in total. The normalized spacial score (nSPS) is 10.5. The second-order valence-electron chi connectivity index (χ2n) is 6.28. The van der Waals surface area contributed by atoms with Gasteiger partial charge in [-0.05, 0) is 42.7 Å². The van der Waals surface area contributed by atoms with Gasteiger partial charge in [0.05, 0.1) is 5.69 Å². The second-order valence-corrected chi connectivity index (χ2v) is 7.58. The van der Waals surface area contributed by atoms with Crippen molar-refractivity contribution in [2.75, 3.05) is 11.9 Å². The van der Waals surface area contributed by atoms with Crippen LogP contribution < -0.4 is 10.6 Å². The highest BCUT2D eigenvalue weighted by Gasteiger charge is 2.10. The van der Waals surface area contributed by atoms with E-state index in [0.717, 1.165) is 24.1 Å². The van der Waals surface area contributed by atoms with Gasteiger partial charge in [0.25, 0.3) is 5.91 Å². The van der Waals surface area contributed by atoms with Gasteiger partial charge in [-0.25, -0.2) is 4.98 Å². The summed E-state index contributed by atoms with van der Waals surface area (Å²) in [5.41, 5.74) is 3.56. The largest absolute Gasteiger partial charge is 0.356 e. The Labute approximate surface area is 172 Å². The van der Waals surface area contributed by atoms with Gasteiger partial charge in [0.1, 0.15) is 0 Å². The summed E-state index contributed by atoms with van der Waals surface area (Å²) in [5, 5.41) is 8.67. The molecular formula is C21H20ClN3O2S. The van der Waals surface area contributed by atoms with Crippen LogP contribution >= 0.6 is 22.9 Å². The standard InChI is InChI=1S/C21H20ClN3O2S/c1-14(26)23-12-2-3-15-4-6-16(7-5-15)19-13-28-21(24-19)25-20(27)17-8-10-18(22)11-9-17/h4-11,13H,2-3,12H2,1H3,(H,23,26)(H,24,25,27). The molecular weight excluding hydrogens is 394 g/mol. The zero-order valence-corrected chi connectivity index (χ0v) is 16.9. The highest BCUT2D eigenvalue weighted by molar-refractivity contribution is 7.14. The summed E-state index contributed by atoms with van der Waals surface area (Å²) in [7, 11) is 0. The molecule has 0 unspecified atom stereocenters. The fourth-order valence-electron chi connectivity index (χ4n) is 2.63. The van der Waals surface area contributed by atoms with Crippen molar-refractivity contribution in [2.24, 2.45) is 0 Å². The summed E-state index contributed by atoms with van der Waals surface area (Å²) in [5.74, 6) is -0.218. The van der Waals surface area contributed by atoms with Gasteiger partial charge in [-0.2, -0.15) is 0 Å². The molecule has 0 fully saturated rings. The summed E-state index contributed by atoms with van der Waals surface area (Å²) < 4.78 is 0. The SMILES string of the molecule is CC(=O)NCCCc1ccc(-c2csc(NC(=O)c3ccc(Cl)cc3)n2)cc1. The lowest BCUT2D eigenvalue weighted by molar-refractivity contribution is -0.118. The third-order valence-corrected chi connectivity index (χ3v) is 5.11. The van der Waals surface area contributed by atoms with E-state index in [1.165, 1.54) is 23.8 Å². The summed E-state index contributed by atoms with van der Waals surface area (Å²) in [6, 6.07) is 14.9. The van der Waals surface area contributed by atoms with Gasteiger partial charge >= 0.3 is 0 Å². The van der Waals surface area contributed by atoms with Gasteiger partial charge < -0.3 is 5.32 Å². The number of thiazole rings is 1. The van der Waals surface area contributed by atoms with E-state index in [4.69, 9.17) is 11.6 Å². The van der Waals surface area contributed by atoms with Crippen molar-refractivity contribution >= 4 is 39.9 Å². The van der Waals surface area contributed by atoms with E-state index >= 15 is 0 Å². The minimum absolute atomic E-state index is 0.00200. The number of nitrogens with one attached hydrogen (secondary N) is 2. The third-order valence-electron chi connectivity index (χ3n) is 4.10. The van der Waals surface area contributed by atoms with Gasteiger partial charge in [0, 0.05) is 35.0 Å². The number of hydrogen-bond donors (Lipinski definition) is 2. The average molecular weight is 414 g/mol. The Balaban J connectivity index is 1.58. The van der Waals surface area contributed by atoms with Crippen molar-refractivity contribution in [3.8, 4) is 11.3 Å². The Kier molecular flexibility index (Phi) is 6.79. The van der Waals surface area contributed by atoms with Crippen molar-refractivity contribution in [3.05, 3.63) is 70.1 Å². The van der Waals surface area contributed by atoms with Crippen LogP contribution in [0.15, 0.2) is 53.9 Å². The molecule has 144 valence electrons. The molecule has 0 saturated heterocycles. The summed E-state index contributed by atoms with van der Waals surface area (Å²) in [6.07, 6.45) is 1.80. The number of aromatic nitrogens is 1. The van der Waals surface area contributed by atoms with Gasteiger partial charge in [0.15, 0.2) is 5.13 Å². The highest BCUT2D eigenvalue weighted by Crippen LogP contribution is 2.26. The van der Waals surface area contributed by atoms with E-state index in [1.807, 2.05) is 17.5 Å². The quantitative estimate of drug-likeness (QED) is 0.547.